The topological polar surface area (TPSA) is 102 Å². The van der Waals surface area contributed by atoms with Crippen molar-refractivity contribution < 1.29 is 9.90 Å². The number of hydrogen-bond donors (Lipinski definition) is 2. The lowest BCUT2D eigenvalue weighted by atomic mass is 10.3. The Bertz CT molecular complexity index is 497. The molecule has 6 nitrogen and oxygen atoms in total. The molecule has 76 valence electrons. The highest BCUT2D eigenvalue weighted by Gasteiger charge is 2.12. The number of aromatic nitrogens is 3. The van der Waals surface area contributed by atoms with Gasteiger partial charge in [0.2, 0.25) is 0 Å². The van der Waals surface area contributed by atoms with Crippen molar-refractivity contribution in [2.75, 3.05) is 5.73 Å². The van der Waals surface area contributed by atoms with E-state index in [-0.39, 0.29) is 11.4 Å². The van der Waals surface area contributed by atoms with Crippen LogP contribution < -0.4 is 5.73 Å². The number of rotatable bonds is 2. The van der Waals surface area contributed by atoms with Gasteiger partial charge in [0.1, 0.15) is 17.1 Å². The minimum absolute atomic E-state index is 0.0551. The minimum atomic E-state index is -1.14. The molecule has 0 aromatic carbocycles. The number of hydrogen-bond acceptors (Lipinski definition) is 6. The lowest BCUT2D eigenvalue weighted by Gasteiger charge is -2.00. The van der Waals surface area contributed by atoms with E-state index >= 15 is 0 Å². The fourth-order valence-electron chi connectivity index (χ4n) is 1.01. The van der Waals surface area contributed by atoms with Crippen molar-refractivity contribution in [3.05, 3.63) is 22.7 Å². The molecule has 0 fully saturated rings. The van der Waals surface area contributed by atoms with Gasteiger partial charge in [0, 0.05) is 11.6 Å². The first-order valence-electron chi connectivity index (χ1n) is 3.93. The second-order valence-corrected chi connectivity index (χ2v) is 3.39. The summed E-state index contributed by atoms with van der Waals surface area (Å²) in [4.78, 5) is 22.4. The van der Waals surface area contributed by atoms with Crippen LogP contribution in [0.3, 0.4) is 0 Å². The summed E-state index contributed by atoms with van der Waals surface area (Å²) in [6.45, 7) is 0. The van der Waals surface area contributed by atoms with Gasteiger partial charge in [-0.2, -0.15) is 0 Å². The third kappa shape index (κ3) is 1.77. The number of thiazole rings is 1. The number of nitrogens with zero attached hydrogens (tertiary/aromatic N) is 3. The number of nitrogen functional groups attached to an aromatic ring is 1. The lowest BCUT2D eigenvalue weighted by molar-refractivity contribution is 0.0697. The molecule has 0 saturated heterocycles. The molecule has 0 saturated carbocycles. The molecule has 0 aliphatic rings. The summed E-state index contributed by atoms with van der Waals surface area (Å²) in [5.41, 5.74) is 7.59. The molecule has 0 unspecified atom stereocenters. The van der Waals surface area contributed by atoms with Crippen molar-refractivity contribution in [3.63, 3.8) is 0 Å². The molecule has 7 heteroatoms. The summed E-state index contributed by atoms with van der Waals surface area (Å²) in [5, 5.41) is 10.5. The highest BCUT2D eigenvalue weighted by atomic mass is 32.1. The molecule has 0 atom stereocenters. The summed E-state index contributed by atoms with van der Waals surface area (Å²) >= 11 is 1.40. The maximum absolute atomic E-state index is 10.6. The molecule has 0 radical (unpaired) electrons. The summed E-state index contributed by atoms with van der Waals surface area (Å²) in [7, 11) is 0. The van der Waals surface area contributed by atoms with Gasteiger partial charge in [0.15, 0.2) is 5.82 Å². The quantitative estimate of drug-likeness (QED) is 0.782. The Balaban J connectivity index is 2.47. The third-order valence-electron chi connectivity index (χ3n) is 1.71. The van der Waals surface area contributed by atoms with Crippen LogP contribution in [0.1, 0.15) is 10.4 Å². The van der Waals surface area contributed by atoms with E-state index in [1.807, 2.05) is 0 Å². The van der Waals surface area contributed by atoms with E-state index in [2.05, 4.69) is 15.0 Å². The van der Waals surface area contributed by atoms with Gasteiger partial charge in [-0.1, -0.05) is 0 Å². The van der Waals surface area contributed by atoms with Gasteiger partial charge in [-0.25, -0.2) is 19.7 Å². The molecule has 0 aliphatic carbocycles. The van der Waals surface area contributed by atoms with Crippen molar-refractivity contribution in [2.24, 2.45) is 0 Å². The zero-order chi connectivity index (χ0) is 10.8. The van der Waals surface area contributed by atoms with Crippen LogP contribution in [0.4, 0.5) is 5.82 Å². The average molecular weight is 222 g/mol. The van der Waals surface area contributed by atoms with Crippen LogP contribution in [-0.4, -0.2) is 26.0 Å². The largest absolute Gasteiger partial charge is 0.477 e. The second-order valence-electron chi connectivity index (χ2n) is 2.67. The molecule has 0 aliphatic heterocycles. The maximum atomic E-state index is 10.6. The molecule has 0 bridgehead atoms. The second kappa shape index (κ2) is 3.62. The lowest BCUT2D eigenvalue weighted by Crippen LogP contribution is -2.06. The van der Waals surface area contributed by atoms with Gasteiger partial charge in [-0.3, -0.25) is 0 Å². The van der Waals surface area contributed by atoms with Gasteiger partial charge >= 0.3 is 5.97 Å². The van der Waals surface area contributed by atoms with Crippen molar-refractivity contribution >= 4 is 23.1 Å². The Kier molecular flexibility index (Phi) is 2.30. The number of carboxylic acid groups (broad SMARTS) is 1. The molecule has 2 rings (SSSR count). The Morgan fingerprint density at radius 1 is 1.47 bits per heavy atom. The van der Waals surface area contributed by atoms with Gasteiger partial charge in [0.05, 0.1) is 5.51 Å². The molecule has 2 heterocycles. The summed E-state index contributed by atoms with van der Waals surface area (Å²) < 4.78 is 0. The van der Waals surface area contributed by atoms with Crippen molar-refractivity contribution in [1.29, 1.82) is 0 Å². The van der Waals surface area contributed by atoms with Crippen LogP contribution in [0.25, 0.3) is 11.5 Å². The van der Waals surface area contributed by atoms with Crippen molar-refractivity contribution in [3.8, 4) is 11.5 Å². The monoisotopic (exact) mass is 222 g/mol. The normalized spacial score (nSPS) is 10.1. The number of anilines is 1. The van der Waals surface area contributed by atoms with Crippen LogP contribution in [0.2, 0.25) is 0 Å². The molecular weight excluding hydrogens is 216 g/mol. The number of aromatic carboxylic acids is 1. The van der Waals surface area contributed by atoms with Crippen LogP contribution in [0.5, 0.6) is 0 Å². The fraction of sp³-hybridized carbons (Fsp3) is 0. The predicted molar refractivity (Wildman–Crippen MR) is 54.5 cm³/mol. The minimum Gasteiger partial charge on any atom is -0.477 e. The molecular formula is C8H6N4O2S. The molecule has 0 spiro atoms. The Labute approximate surface area is 88.4 Å². The van der Waals surface area contributed by atoms with Gasteiger partial charge in [-0.15, -0.1) is 11.3 Å². The SMILES string of the molecule is Nc1nc(-c2cscn2)ncc1C(=O)O. The number of carbonyl (C=O) groups is 1. The highest BCUT2D eigenvalue weighted by molar-refractivity contribution is 7.07. The van der Waals surface area contributed by atoms with Crippen LogP contribution in [0.15, 0.2) is 17.1 Å². The zero-order valence-electron chi connectivity index (χ0n) is 7.41. The van der Waals surface area contributed by atoms with E-state index in [1.54, 1.807) is 10.9 Å². The Morgan fingerprint density at radius 2 is 2.27 bits per heavy atom. The van der Waals surface area contributed by atoms with E-state index in [0.717, 1.165) is 0 Å². The van der Waals surface area contributed by atoms with Crippen LogP contribution >= 0.6 is 11.3 Å². The van der Waals surface area contributed by atoms with Gasteiger partial charge in [0.25, 0.3) is 0 Å². The molecule has 2 aromatic heterocycles. The molecule has 2 aromatic rings. The number of nitrogens with two attached hydrogens (primary N) is 1. The third-order valence-corrected chi connectivity index (χ3v) is 2.30. The van der Waals surface area contributed by atoms with E-state index in [0.29, 0.717) is 11.5 Å². The maximum Gasteiger partial charge on any atom is 0.341 e. The van der Waals surface area contributed by atoms with E-state index in [1.165, 1.54) is 17.5 Å². The highest BCUT2D eigenvalue weighted by Crippen LogP contribution is 2.17. The molecule has 0 amide bonds. The first-order valence-corrected chi connectivity index (χ1v) is 4.87. The fourth-order valence-corrected chi connectivity index (χ4v) is 1.54. The Morgan fingerprint density at radius 3 is 2.80 bits per heavy atom. The predicted octanol–water partition coefficient (Wildman–Crippen LogP) is 0.881. The first kappa shape index (κ1) is 9.53. The average Bonchev–Trinajstić information content (AvgIpc) is 2.69. The molecule has 3 N–H and O–H groups in total. The first-order chi connectivity index (χ1) is 7.18. The van der Waals surface area contributed by atoms with Crippen LogP contribution in [-0.2, 0) is 0 Å². The van der Waals surface area contributed by atoms with Crippen molar-refractivity contribution in [1.82, 2.24) is 15.0 Å². The van der Waals surface area contributed by atoms with Crippen LogP contribution in [0, 0.1) is 0 Å². The van der Waals surface area contributed by atoms with Gasteiger partial charge in [-0.05, 0) is 0 Å². The number of carboxylic acids is 1. The van der Waals surface area contributed by atoms with Crippen molar-refractivity contribution in [2.45, 2.75) is 0 Å². The zero-order valence-corrected chi connectivity index (χ0v) is 8.23. The summed E-state index contributed by atoms with van der Waals surface area (Å²) in [5.74, 6) is -0.864. The smallest absolute Gasteiger partial charge is 0.341 e. The molecule has 15 heavy (non-hydrogen) atoms. The van der Waals surface area contributed by atoms with E-state index in [4.69, 9.17) is 10.8 Å². The van der Waals surface area contributed by atoms with E-state index < -0.39 is 5.97 Å². The van der Waals surface area contributed by atoms with E-state index in [9.17, 15) is 4.79 Å². The summed E-state index contributed by atoms with van der Waals surface area (Å²) in [6.07, 6.45) is 1.18. The van der Waals surface area contributed by atoms with Gasteiger partial charge < -0.3 is 10.8 Å². The summed E-state index contributed by atoms with van der Waals surface area (Å²) in [6, 6.07) is 0. The standard InChI is InChI=1S/C8H6N4O2S/c9-6-4(8(13)14)1-10-7(12-6)5-2-15-3-11-5/h1-3H,(H,13,14)(H2,9,10,12). The Hall–Kier alpha value is -2.02.